The van der Waals surface area contributed by atoms with E-state index >= 15 is 0 Å². The highest BCUT2D eigenvalue weighted by Crippen LogP contribution is 2.30. The number of carboxylic acid groups (broad SMARTS) is 1. The van der Waals surface area contributed by atoms with Gasteiger partial charge in [-0.3, -0.25) is 4.79 Å². The zero-order valence-electron chi connectivity index (χ0n) is 13.5. The fourth-order valence-corrected chi connectivity index (χ4v) is 3.40. The third kappa shape index (κ3) is 4.30. The average molecular weight is 351 g/mol. The quantitative estimate of drug-likeness (QED) is 0.766. The Hall–Kier alpha value is -2.99. The Kier molecular flexibility index (Phi) is 4.90. The lowest BCUT2D eigenvalue weighted by molar-refractivity contribution is -0.304. The van der Waals surface area contributed by atoms with Crippen molar-refractivity contribution in [3.63, 3.8) is 0 Å². The van der Waals surface area contributed by atoms with Crippen molar-refractivity contribution < 1.29 is 14.7 Å². The van der Waals surface area contributed by atoms with E-state index in [1.54, 1.807) is 18.2 Å². The molecule has 0 bridgehead atoms. The van der Waals surface area contributed by atoms with Crippen LogP contribution in [0.1, 0.15) is 23.9 Å². The van der Waals surface area contributed by atoms with Gasteiger partial charge in [-0.2, -0.15) is 0 Å². The summed E-state index contributed by atoms with van der Waals surface area (Å²) in [5, 5.41) is 14.5. The summed E-state index contributed by atoms with van der Waals surface area (Å²) in [6, 6.07) is 14.8. The molecule has 0 radical (unpaired) electrons. The minimum Gasteiger partial charge on any atom is -0.550 e. The maximum absolute atomic E-state index is 11.1. The number of para-hydroxylation sites is 1. The third-order valence-electron chi connectivity index (χ3n) is 3.48. The van der Waals surface area contributed by atoms with Gasteiger partial charge < -0.3 is 15.2 Å². The van der Waals surface area contributed by atoms with Crippen molar-refractivity contribution in [3.8, 4) is 0 Å². The first-order valence-electron chi connectivity index (χ1n) is 7.65. The molecule has 1 aromatic heterocycles. The Balaban J connectivity index is 1.95. The second-order valence-corrected chi connectivity index (χ2v) is 6.54. The van der Waals surface area contributed by atoms with Crippen LogP contribution in [0.2, 0.25) is 0 Å². The molecule has 0 spiro atoms. The summed E-state index contributed by atoms with van der Waals surface area (Å²) in [6.45, 7) is 1.44. The highest BCUT2D eigenvalue weighted by molar-refractivity contribution is 7.19. The van der Waals surface area contributed by atoms with Gasteiger partial charge >= 0.3 is 0 Å². The molecule has 0 aliphatic rings. The van der Waals surface area contributed by atoms with Gasteiger partial charge in [-0.05, 0) is 41.5 Å². The molecular weight excluding hydrogens is 336 g/mol. The average Bonchev–Trinajstić information content (AvgIpc) is 2.99. The molecule has 126 valence electrons. The number of rotatable bonds is 5. The van der Waals surface area contributed by atoms with Gasteiger partial charge in [0.1, 0.15) is 5.01 Å². The van der Waals surface area contributed by atoms with Crippen LogP contribution in [0.15, 0.2) is 48.5 Å². The van der Waals surface area contributed by atoms with E-state index in [1.165, 1.54) is 18.3 Å². The summed E-state index contributed by atoms with van der Waals surface area (Å²) in [6.07, 6.45) is 1.57. The number of carboxylic acids is 1. The summed E-state index contributed by atoms with van der Waals surface area (Å²) >= 11 is 1.45. The Labute approximate surface area is 148 Å². The molecule has 0 aliphatic heterocycles. The van der Waals surface area contributed by atoms with E-state index < -0.39 is 5.97 Å². The highest BCUT2D eigenvalue weighted by atomic mass is 32.1. The Morgan fingerprint density at radius 3 is 2.52 bits per heavy atom. The predicted molar refractivity (Wildman–Crippen MR) is 97.9 cm³/mol. The molecule has 0 aliphatic carbocycles. The largest absolute Gasteiger partial charge is 0.550 e. The molecule has 3 rings (SSSR count). The molecule has 1 amide bonds. The number of nitrogens with zero attached hydrogens (tertiary/aromatic N) is 1. The SMILES string of the molecule is CC(=O)Nc1ccc(/C=C(\CC(=O)[O-])c2nc3ccccc3s2)cc1. The number of hydrogen-bond acceptors (Lipinski definition) is 5. The first-order chi connectivity index (χ1) is 12.0. The van der Waals surface area contributed by atoms with E-state index in [-0.39, 0.29) is 12.3 Å². The van der Waals surface area contributed by atoms with Crippen LogP contribution in [0.3, 0.4) is 0 Å². The number of fused-ring (bicyclic) bond motifs is 1. The third-order valence-corrected chi connectivity index (χ3v) is 4.59. The number of aliphatic carboxylic acids is 1. The monoisotopic (exact) mass is 351 g/mol. The lowest BCUT2D eigenvalue weighted by Crippen LogP contribution is -2.22. The van der Waals surface area contributed by atoms with Crippen molar-refractivity contribution in [2.24, 2.45) is 0 Å². The predicted octanol–water partition coefficient (Wildman–Crippen LogP) is 2.94. The van der Waals surface area contributed by atoms with Crippen LogP contribution in [0.4, 0.5) is 5.69 Å². The van der Waals surface area contributed by atoms with Crippen molar-refractivity contribution in [2.75, 3.05) is 5.32 Å². The molecule has 2 aromatic carbocycles. The van der Waals surface area contributed by atoms with Crippen LogP contribution in [-0.2, 0) is 9.59 Å². The molecule has 25 heavy (non-hydrogen) atoms. The number of nitrogens with one attached hydrogen (secondary N) is 1. The molecule has 0 saturated heterocycles. The molecule has 1 heterocycles. The summed E-state index contributed by atoms with van der Waals surface area (Å²) in [4.78, 5) is 26.7. The lowest BCUT2D eigenvalue weighted by atomic mass is 10.1. The number of amides is 1. The number of carbonyl (C=O) groups excluding carboxylic acids is 2. The van der Waals surface area contributed by atoms with Crippen molar-refractivity contribution in [2.45, 2.75) is 13.3 Å². The van der Waals surface area contributed by atoms with Crippen molar-refractivity contribution >= 4 is 50.8 Å². The van der Waals surface area contributed by atoms with Crippen LogP contribution in [0.25, 0.3) is 21.9 Å². The molecule has 0 unspecified atom stereocenters. The molecule has 0 atom stereocenters. The van der Waals surface area contributed by atoms with Crippen LogP contribution in [-0.4, -0.2) is 16.9 Å². The zero-order valence-corrected chi connectivity index (χ0v) is 14.3. The highest BCUT2D eigenvalue weighted by Gasteiger charge is 2.09. The number of anilines is 1. The Morgan fingerprint density at radius 2 is 1.88 bits per heavy atom. The van der Waals surface area contributed by atoms with E-state index in [0.29, 0.717) is 16.3 Å². The van der Waals surface area contributed by atoms with E-state index in [4.69, 9.17) is 0 Å². The standard InChI is InChI=1S/C19H16N2O3S/c1-12(22)20-15-8-6-13(7-9-15)10-14(11-18(23)24)19-21-16-4-2-3-5-17(16)25-19/h2-10H,11H2,1H3,(H,20,22)(H,23,24)/p-1/b14-10+. The Morgan fingerprint density at radius 1 is 1.16 bits per heavy atom. The number of aromatic nitrogens is 1. The second-order valence-electron chi connectivity index (χ2n) is 5.51. The lowest BCUT2D eigenvalue weighted by Gasteiger charge is -2.07. The zero-order chi connectivity index (χ0) is 17.8. The first-order valence-corrected chi connectivity index (χ1v) is 8.47. The van der Waals surface area contributed by atoms with Crippen molar-refractivity contribution in [3.05, 3.63) is 59.1 Å². The molecule has 3 aromatic rings. The molecule has 5 nitrogen and oxygen atoms in total. The van der Waals surface area contributed by atoms with Crippen molar-refractivity contribution in [1.29, 1.82) is 0 Å². The summed E-state index contributed by atoms with van der Waals surface area (Å²) in [7, 11) is 0. The summed E-state index contributed by atoms with van der Waals surface area (Å²) in [5.74, 6) is -1.30. The first kappa shape index (κ1) is 16.9. The smallest absolute Gasteiger partial charge is 0.221 e. The van der Waals surface area contributed by atoms with Gasteiger partial charge in [0.2, 0.25) is 5.91 Å². The molecule has 0 saturated carbocycles. The summed E-state index contributed by atoms with van der Waals surface area (Å²) in [5.41, 5.74) is 2.94. The number of hydrogen-bond donors (Lipinski definition) is 1. The van der Waals surface area contributed by atoms with Gasteiger partial charge in [0.05, 0.1) is 10.2 Å². The molecule has 1 N–H and O–H groups in total. The van der Waals surface area contributed by atoms with Gasteiger partial charge in [0.15, 0.2) is 0 Å². The van der Waals surface area contributed by atoms with Gasteiger partial charge in [-0.25, -0.2) is 4.98 Å². The molecular formula is C19H15N2O3S-. The number of benzene rings is 2. The number of thiazole rings is 1. The van der Waals surface area contributed by atoms with Crippen LogP contribution in [0.5, 0.6) is 0 Å². The maximum Gasteiger partial charge on any atom is 0.221 e. The minimum atomic E-state index is -1.15. The van der Waals surface area contributed by atoms with Gasteiger partial charge in [0.25, 0.3) is 0 Å². The van der Waals surface area contributed by atoms with Crippen LogP contribution < -0.4 is 10.4 Å². The van der Waals surface area contributed by atoms with E-state index in [0.717, 1.165) is 15.8 Å². The van der Waals surface area contributed by atoms with Gasteiger partial charge in [-0.1, -0.05) is 24.3 Å². The van der Waals surface area contributed by atoms with Crippen molar-refractivity contribution in [1.82, 2.24) is 4.98 Å². The Bertz CT molecular complexity index is 925. The fourth-order valence-electron chi connectivity index (χ4n) is 2.42. The topological polar surface area (TPSA) is 82.1 Å². The van der Waals surface area contributed by atoms with Crippen LogP contribution in [0, 0.1) is 0 Å². The molecule has 0 fully saturated rings. The van der Waals surface area contributed by atoms with Gasteiger partial charge in [0, 0.05) is 25.0 Å². The van der Waals surface area contributed by atoms with E-state index in [1.807, 2.05) is 36.4 Å². The number of carbonyl (C=O) groups is 2. The summed E-state index contributed by atoms with van der Waals surface area (Å²) < 4.78 is 1.00. The van der Waals surface area contributed by atoms with E-state index in [2.05, 4.69) is 10.3 Å². The normalized spacial score (nSPS) is 11.5. The van der Waals surface area contributed by atoms with Gasteiger partial charge in [-0.15, -0.1) is 11.3 Å². The van der Waals surface area contributed by atoms with Crippen LogP contribution >= 0.6 is 11.3 Å². The minimum absolute atomic E-state index is 0.143. The molecule has 6 heteroatoms. The maximum atomic E-state index is 11.1. The fraction of sp³-hybridized carbons (Fsp3) is 0.105. The second kappa shape index (κ2) is 7.27. The van der Waals surface area contributed by atoms with E-state index in [9.17, 15) is 14.7 Å².